The van der Waals surface area contributed by atoms with Gasteiger partial charge in [0.1, 0.15) is 0 Å². The molecule has 1 saturated heterocycles. The zero-order valence-corrected chi connectivity index (χ0v) is 12.2. The monoisotopic (exact) mass is 256 g/mol. The molecule has 18 heavy (non-hydrogen) atoms. The Balaban J connectivity index is 2.49. The second-order valence-corrected chi connectivity index (χ2v) is 5.62. The highest BCUT2D eigenvalue weighted by Gasteiger charge is 2.31. The predicted octanol–water partition coefficient (Wildman–Crippen LogP) is -0.134. The Labute approximate surface area is 111 Å². The standard InChI is InChI=1S/C13H28N4O/c1-5-15-13(3,12(14)18)6-7-17-9-8-16(4)10-11(17)2/h11,15H,5-10H2,1-4H3,(H2,14,18). The van der Waals surface area contributed by atoms with Gasteiger partial charge in [0.05, 0.1) is 5.54 Å². The summed E-state index contributed by atoms with van der Waals surface area (Å²) in [6.07, 6.45) is 0.768. The summed E-state index contributed by atoms with van der Waals surface area (Å²) < 4.78 is 0. The van der Waals surface area contributed by atoms with E-state index in [9.17, 15) is 4.79 Å². The van der Waals surface area contributed by atoms with Crippen molar-refractivity contribution < 1.29 is 4.79 Å². The maximum atomic E-state index is 11.6. The highest BCUT2D eigenvalue weighted by atomic mass is 16.1. The molecule has 1 amide bonds. The highest BCUT2D eigenvalue weighted by Crippen LogP contribution is 2.14. The van der Waals surface area contributed by atoms with E-state index in [0.29, 0.717) is 6.04 Å². The lowest BCUT2D eigenvalue weighted by atomic mass is 9.96. The van der Waals surface area contributed by atoms with Gasteiger partial charge in [-0.25, -0.2) is 0 Å². The summed E-state index contributed by atoms with van der Waals surface area (Å²) in [5, 5.41) is 3.21. The zero-order valence-electron chi connectivity index (χ0n) is 12.2. The fourth-order valence-electron chi connectivity index (χ4n) is 2.57. The van der Waals surface area contributed by atoms with Gasteiger partial charge in [-0.3, -0.25) is 9.69 Å². The third-order valence-corrected chi connectivity index (χ3v) is 3.98. The molecular formula is C13H28N4O. The fraction of sp³-hybridized carbons (Fsp3) is 0.923. The smallest absolute Gasteiger partial charge is 0.237 e. The molecule has 0 aromatic carbocycles. The van der Waals surface area contributed by atoms with Gasteiger partial charge in [0.25, 0.3) is 0 Å². The van der Waals surface area contributed by atoms with Crippen molar-refractivity contribution in [1.29, 1.82) is 0 Å². The molecule has 1 rings (SSSR count). The van der Waals surface area contributed by atoms with Crippen LogP contribution in [0, 0.1) is 0 Å². The molecule has 2 atom stereocenters. The third-order valence-electron chi connectivity index (χ3n) is 3.98. The summed E-state index contributed by atoms with van der Waals surface area (Å²) >= 11 is 0. The fourth-order valence-corrected chi connectivity index (χ4v) is 2.57. The molecule has 0 radical (unpaired) electrons. The maximum Gasteiger partial charge on any atom is 0.237 e. The van der Waals surface area contributed by atoms with E-state index in [1.807, 2.05) is 13.8 Å². The van der Waals surface area contributed by atoms with Crippen molar-refractivity contribution in [3.63, 3.8) is 0 Å². The number of nitrogens with zero attached hydrogens (tertiary/aromatic N) is 2. The van der Waals surface area contributed by atoms with Gasteiger partial charge in [-0.1, -0.05) is 6.92 Å². The van der Waals surface area contributed by atoms with E-state index in [4.69, 9.17) is 5.73 Å². The quantitative estimate of drug-likeness (QED) is 0.695. The van der Waals surface area contributed by atoms with Crippen molar-refractivity contribution in [2.75, 3.05) is 39.8 Å². The molecule has 3 N–H and O–H groups in total. The van der Waals surface area contributed by atoms with E-state index in [0.717, 1.165) is 39.1 Å². The van der Waals surface area contributed by atoms with Crippen LogP contribution in [0.2, 0.25) is 0 Å². The summed E-state index contributed by atoms with van der Waals surface area (Å²) in [5.74, 6) is -0.258. The lowest BCUT2D eigenvalue weighted by Gasteiger charge is -2.40. The first-order valence-electron chi connectivity index (χ1n) is 6.86. The largest absolute Gasteiger partial charge is 0.368 e. The number of hydrogen-bond donors (Lipinski definition) is 2. The number of nitrogens with two attached hydrogens (primary N) is 1. The van der Waals surface area contributed by atoms with Crippen LogP contribution in [-0.4, -0.2) is 67.1 Å². The van der Waals surface area contributed by atoms with Crippen LogP contribution >= 0.6 is 0 Å². The highest BCUT2D eigenvalue weighted by molar-refractivity contribution is 5.84. The van der Waals surface area contributed by atoms with E-state index in [2.05, 4.69) is 29.1 Å². The number of rotatable bonds is 6. The molecule has 0 aromatic heterocycles. The molecule has 0 saturated carbocycles. The third kappa shape index (κ3) is 3.93. The van der Waals surface area contributed by atoms with E-state index in [1.165, 1.54) is 0 Å². The SMILES string of the molecule is CCNC(C)(CCN1CCN(C)CC1C)C(N)=O. The van der Waals surface area contributed by atoms with E-state index >= 15 is 0 Å². The van der Waals surface area contributed by atoms with Gasteiger partial charge in [-0.15, -0.1) is 0 Å². The average Bonchev–Trinajstić information content (AvgIpc) is 2.28. The number of hydrogen-bond acceptors (Lipinski definition) is 4. The van der Waals surface area contributed by atoms with Crippen molar-refractivity contribution in [3.05, 3.63) is 0 Å². The van der Waals surface area contributed by atoms with Crippen LogP contribution in [0.1, 0.15) is 27.2 Å². The van der Waals surface area contributed by atoms with Crippen molar-refractivity contribution in [2.24, 2.45) is 5.73 Å². The molecule has 5 nitrogen and oxygen atoms in total. The molecular weight excluding hydrogens is 228 g/mol. The van der Waals surface area contributed by atoms with Crippen LogP contribution in [0.25, 0.3) is 0 Å². The van der Waals surface area contributed by atoms with Gasteiger partial charge < -0.3 is 16.0 Å². The normalized spacial score (nSPS) is 25.9. The second-order valence-electron chi connectivity index (χ2n) is 5.62. The van der Waals surface area contributed by atoms with Crippen LogP contribution in [0.4, 0.5) is 0 Å². The Morgan fingerprint density at radius 1 is 1.50 bits per heavy atom. The first kappa shape index (κ1) is 15.4. The summed E-state index contributed by atoms with van der Waals surface area (Å²) in [6, 6.07) is 0.544. The number of piperazine rings is 1. The number of primary amides is 1. The van der Waals surface area contributed by atoms with Gasteiger partial charge in [-0.2, -0.15) is 0 Å². The molecule has 0 aliphatic carbocycles. The topological polar surface area (TPSA) is 61.6 Å². The van der Waals surface area contributed by atoms with Gasteiger partial charge in [0, 0.05) is 32.2 Å². The lowest BCUT2D eigenvalue weighted by Crippen LogP contribution is -2.57. The van der Waals surface area contributed by atoms with Crippen molar-refractivity contribution >= 4 is 5.91 Å². The number of carbonyl (C=O) groups is 1. The Kier molecular flexibility index (Phi) is 5.56. The number of amides is 1. The van der Waals surface area contributed by atoms with Gasteiger partial charge >= 0.3 is 0 Å². The zero-order chi connectivity index (χ0) is 13.8. The summed E-state index contributed by atoms with van der Waals surface area (Å²) in [6.45, 7) is 11.1. The minimum Gasteiger partial charge on any atom is -0.368 e. The van der Waals surface area contributed by atoms with Gasteiger partial charge in [0.2, 0.25) is 5.91 Å². The number of carbonyl (C=O) groups excluding carboxylic acids is 1. The first-order chi connectivity index (χ1) is 8.39. The van der Waals surface area contributed by atoms with Crippen molar-refractivity contribution in [1.82, 2.24) is 15.1 Å². The second kappa shape index (κ2) is 6.50. The predicted molar refractivity (Wildman–Crippen MR) is 74.4 cm³/mol. The van der Waals surface area contributed by atoms with Crippen LogP contribution in [0.15, 0.2) is 0 Å². The molecule has 0 aromatic rings. The van der Waals surface area contributed by atoms with E-state index in [1.54, 1.807) is 0 Å². The molecule has 0 bridgehead atoms. The van der Waals surface area contributed by atoms with Gasteiger partial charge in [-0.05, 0) is 33.9 Å². The van der Waals surface area contributed by atoms with Crippen LogP contribution < -0.4 is 11.1 Å². The minimum absolute atomic E-state index is 0.258. The molecule has 1 aliphatic heterocycles. The molecule has 106 valence electrons. The first-order valence-corrected chi connectivity index (χ1v) is 6.86. The van der Waals surface area contributed by atoms with Crippen LogP contribution in [0.3, 0.4) is 0 Å². The van der Waals surface area contributed by atoms with E-state index < -0.39 is 5.54 Å². The maximum absolute atomic E-state index is 11.6. The summed E-state index contributed by atoms with van der Waals surface area (Å²) in [4.78, 5) is 16.3. The van der Waals surface area contributed by atoms with Crippen LogP contribution in [0.5, 0.6) is 0 Å². The Morgan fingerprint density at radius 2 is 2.17 bits per heavy atom. The molecule has 1 aliphatic rings. The number of likely N-dealkylation sites (N-methyl/N-ethyl adjacent to an activating group) is 2. The summed E-state index contributed by atoms with van der Waals surface area (Å²) in [5.41, 5.74) is 4.92. The molecule has 1 fully saturated rings. The van der Waals surface area contributed by atoms with E-state index in [-0.39, 0.29) is 5.91 Å². The van der Waals surface area contributed by atoms with Crippen LogP contribution in [-0.2, 0) is 4.79 Å². The molecule has 0 spiro atoms. The Hall–Kier alpha value is -0.650. The Bertz CT molecular complexity index is 284. The van der Waals surface area contributed by atoms with Crippen molar-refractivity contribution in [3.8, 4) is 0 Å². The van der Waals surface area contributed by atoms with Gasteiger partial charge in [0.15, 0.2) is 0 Å². The number of nitrogens with one attached hydrogen (secondary N) is 1. The van der Waals surface area contributed by atoms with Crippen molar-refractivity contribution in [2.45, 2.75) is 38.8 Å². The molecule has 1 heterocycles. The summed E-state index contributed by atoms with van der Waals surface area (Å²) in [7, 11) is 2.15. The average molecular weight is 256 g/mol. The Morgan fingerprint density at radius 3 is 2.67 bits per heavy atom. The lowest BCUT2D eigenvalue weighted by molar-refractivity contribution is -0.124. The molecule has 2 unspecified atom stereocenters. The molecule has 5 heteroatoms. The minimum atomic E-state index is -0.585.